The van der Waals surface area contributed by atoms with Crippen molar-refractivity contribution in [2.45, 2.75) is 19.4 Å². The molecule has 162 valence electrons. The fraction of sp³-hybridized carbons (Fsp3) is 0.526. The highest BCUT2D eigenvalue weighted by molar-refractivity contribution is 7.92. The monoisotopic (exact) mass is 433 g/mol. The molecular weight excluding hydrogens is 406 g/mol. The van der Waals surface area contributed by atoms with Crippen LogP contribution in [0.5, 0.6) is 0 Å². The van der Waals surface area contributed by atoms with E-state index in [1.165, 1.54) is 35.4 Å². The summed E-state index contributed by atoms with van der Waals surface area (Å²) in [7, 11) is -3.43. The van der Waals surface area contributed by atoms with Crippen LogP contribution < -0.4 is 9.62 Å². The fourth-order valence-electron chi connectivity index (χ4n) is 3.93. The zero-order chi connectivity index (χ0) is 21.1. The molecule has 2 aromatic rings. The van der Waals surface area contributed by atoms with Gasteiger partial charge in [0.05, 0.1) is 6.26 Å². The van der Waals surface area contributed by atoms with Crippen LogP contribution in [0.25, 0.3) is 0 Å². The number of amides is 1. The van der Waals surface area contributed by atoms with Gasteiger partial charge in [-0.1, -0.05) is 6.07 Å². The standard InChI is InChI=1S/C19H27N7O3S/c1-30(28,29)22-17-6-10-26(21-17)19(27)25-13-11-23(12-14-25)15-16-5-4-7-20-18(16)24-8-2-3-9-24/h4-7,10H,2-3,8-9,11-15H2,1H3,(H,21,22). The second-order valence-electron chi connectivity index (χ2n) is 7.75. The number of hydrogen-bond acceptors (Lipinski definition) is 7. The Morgan fingerprint density at radius 1 is 1.10 bits per heavy atom. The van der Waals surface area contributed by atoms with Gasteiger partial charge in [-0.3, -0.25) is 9.62 Å². The minimum atomic E-state index is -3.43. The molecule has 30 heavy (non-hydrogen) atoms. The summed E-state index contributed by atoms with van der Waals surface area (Å²) >= 11 is 0. The van der Waals surface area contributed by atoms with Crippen LogP contribution in [-0.2, 0) is 16.6 Å². The number of aromatic nitrogens is 3. The van der Waals surface area contributed by atoms with Crippen LogP contribution in [0.4, 0.5) is 16.4 Å². The summed E-state index contributed by atoms with van der Waals surface area (Å²) in [6.45, 7) is 5.63. The van der Waals surface area contributed by atoms with Gasteiger partial charge in [-0.25, -0.2) is 18.2 Å². The third-order valence-corrected chi connectivity index (χ3v) is 5.96. The molecule has 1 N–H and O–H groups in total. The molecular formula is C19H27N7O3S. The maximum atomic E-state index is 12.7. The van der Waals surface area contributed by atoms with E-state index in [4.69, 9.17) is 0 Å². The van der Waals surface area contributed by atoms with Gasteiger partial charge in [0.1, 0.15) is 5.82 Å². The molecule has 0 unspecified atom stereocenters. The molecule has 0 radical (unpaired) electrons. The minimum absolute atomic E-state index is 0.135. The van der Waals surface area contributed by atoms with E-state index >= 15 is 0 Å². The van der Waals surface area contributed by atoms with Gasteiger partial charge in [0, 0.05) is 69.8 Å². The molecule has 2 aromatic heterocycles. The molecule has 4 rings (SSSR count). The van der Waals surface area contributed by atoms with Crippen molar-refractivity contribution in [2.75, 3.05) is 55.1 Å². The summed E-state index contributed by atoms with van der Waals surface area (Å²) in [4.78, 5) is 23.7. The van der Waals surface area contributed by atoms with E-state index in [0.717, 1.165) is 44.8 Å². The number of carbonyl (C=O) groups is 1. The third-order valence-electron chi connectivity index (χ3n) is 5.38. The van der Waals surface area contributed by atoms with Crippen molar-refractivity contribution in [3.63, 3.8) is 0 Å². The molecule has 2 aliphatic rings. The zero-order valence-corrected chi connectivity index (χ0v) is 17.9. The van der Waals surface area contributed by atoms with E-state index in [2.05, 4.69) is 30.7 Å². The first-order valence-electron chi connectivity index (χ1n) is 10.1. The van der Waals surface area contributed by atoms with Crippen molar-refractivity contribution in [2.24, 2.45) is 0 Å². The Kier molecular flexibility index (Phi) is 5.91. The highest BCUT2D eigenvalue weighted by Crippen LogP contribution is 2.23. The molecule has 2 saturated heterocycles. The Morgan fingerprint density at radius 3 is 2.53 bits per heavy atom. The number of sulfonamides is 1. The van der Waals surface area contributed by atoms with E-state index in [9.17, 15) is 13.2 Å². The molecule has 10 nitrogen and oxygen atoms in total. The van der Waals surface area contributed by atoms with Gasteiger partial charge in [-0.15, -0.1) is 5.10 Å². The molecule has 0 bridgehead atoms. The van der Waals surface area contributed by atoms with Crippen LogP contribution in [0.1, 0.15) is 18.4 Å². The lowest BCUT2D eigenvalue weighted by Crippen LogP contribution is -2.49. The van der Waals surface area contributed by atoms with Crippen molar-refractivity contribution in [3.05, 3.63) is 36.2 Å². The van der Waals surface area contributed by atoms with Gasteiger partial charge < -0.3 is 9.80 Å². The molecule has 0 aliphatic carbocycles. The molecule has 1 amide bonds. The Hall–Kier alpha value is -2.66. The summed E-state index contributed by atoms with van der Waals surface area (Å²) in [6, 6.07) is 5.33. The van der Waals surface area contributed by atoms with E-state index < -0.39 is 10.0 Å². The van der Waals surface area contributed by atoms with Crippen LogP contribution in [0.15, 0.2) is 30.6 Å². The quantitative estimate of drug-likeness (QED) is 0.751. The smallest absolute Gasteiger partial charge is 0.344 e. The lowest BCUT2D eigenvalue weighted by molar-refractivity contribution is 0.134. The van der Waals surface area contributed by atoms with Crippen LogP contribution in [0.2, 0.25) is 0 Å². The predicted octanol–water partition coefficient (Wildman–Crippen LogP) is 1.04. The summed E-state index contributed by atoms with van der Waals surface area (Å²) in [5.74, 6) is 1.21. The normalized spacial score (nSPS) is 18.0. The number of piperazine rings is 1. The zero-order valence-electron chi connectivity index (χ0n) is 17.1. The lowest BCUT2D eigenvalue weighted by Gasteiger charge is -2.35. The van der Waals surface area contributed by atoms with Crippen LogP contribution in [-0.4, -0.2) is 84.5 Å². The van der Waals surface area contributed by atoms with Crippen LogP contribution in [0.3, 0.4) is 0 Å². The molecule has 0 saturated carbocycles. The molecule has 4 heterocycles. The number of rotatable bonds is 5. The predicted molar refractivity (Wildman–Crippen MR) is 114 cm³/mol. The first-order chi connectivity index (χ1) is 14.4. The molecule has 2 aliphatic heterocycles. The SMILES string of the molecule is CS(=O)(=O)Nc1ccn(C(=O)N2CCN(Cc3cccnc3N3CCCC3)CC2)n1. The second kappa shape index (κ2) is 8.60. The Bertz CT molecular complexity index is 993. The summed E-state index contributed by atoms with van der Waals surface area (Å²) in [6.07, 6.45) is 6.80. The van der Waals surface area contributed by atoms with E-state index in [-0.39, 0.29) is 11.8 Å². The van der Waals surface area contributed by atoms with Crippen molar-refractivity contribution in [1.29, 1.82) is 0 Å². The van der Waals surface area contributed by atoms with E-state index in [0.29, 0.717) is 13.1 Å². The van der Waals surface area contributed by atoms with Crippen molar-refractivity contribution < 1.29 is 13.2 Å². The Labute approximate surface area is 176 Å². The first kappa shape index (κ1) is 20.6. The van der Waals surface area contributed by atoms with Gasteiger partial charge >= 0.3 is 6.03 Å². The third kappa shape index (κ3) is 4.90. The molecule has 0 aromatic carbocycles. The number of pyridine rings is 1. The first-order valence-corrected chi connectivity index (χ1v) is 12.0. The van der Waals surface area contributed by atoms with Crippen molar-refractivity contribution in [1.82, 2.24) is 24.6 Å². The number of hydrogen-bond donors (Lipinski definition) is 1. The molecule has 2 fully saturated rings. The summed E-state index contributed by atoms with van der Waals surface area (Å²) < 4.78 is 26.1. The molecule has 0 spiro atoms. The number of nitrogens with one attached hydrogen (secondary N) is 1. The second-order valence-corrected chi connectivity index (χ2v) is 9.49. The number of nitrogens with zero attached hydrogens (tertiary/aromatic N) is 6. The van der Waals surface area contributed by atoms with E-state index in [1.54, 1.807) is 4.90 Å². The maximum Gasteiger partial charge on any atom is 0.344 e. The maximum absolute atomic E-state index is 12.7. The molecule has 11 heteroatoms. The largest absolute Gasteiger partial charge is 0.356 e. The summed E-state index contributed by atoms with van der Waals surface area (Å²) in [5, 5.41) is 4.02. The van der Waals surface area contributed by atoms with E-state index in [1.807, 2.05) is 12.3 Å². The van der Waals surface area contributed by atoms with Crippen LogP contribution >= 0.6 is 0 Å². The van der Waals surface area contributed by atoms with Gasteiger partial charge in [-0.05, 0) is 18.9 Å². The van der Waals surface area contributed by atoms with Crippen molar-refractivity contribution in [3.8, 4) is 0 Å². The van der Waals surface area contributed by atoms with Gasteiger partial charge in [0.25, 0.3) is 0 Å². The number of anilines is 2. The van der Waals surface area contributed by atoms with Crippen LogP contribution in [0, 0.1) is 0 Å². The van der Waals surface area contributed by atoms with Crippen molar-refractivity contribution >= 4 is 27.7 Å². The fourth-order valence-corrected chi connectivity index (χ4v) is 4.41. The highest BCUT2D eigenvalue weighted by atomic mass is 32.2. The van der Waals surface area contributed by atoms with Gasteiger partial charge in [0.2, 0.25) is 10.0 Å². The Balaban J connectivity index is 1.34. The van der Waals surface area contributed by atoms with Gasteiger partial charge in [0.15, 0.2) is 5.82 Å². The topological polar surface area (TPSA) is 104 Å². The Morgan fingerprint density at radius 2 is 1.83 bits per heavy atom. The average Bonchev–Trinajstić information content (AvgIpc) is 3.39. The number of carbonyl (C=O) groups excluding carboxylic acids is 1. The average molecular weight is 434 g/mol. The summed E-state index contributed by atoms with van der Waals surface area (Å²) in [5.41, 5.74) is 1.22. The lowest BCUT2D eigenvalue weighted by atomic mass is 10.2. The highest BCUT2D eigenvalue weighted by Gasteiger charge is 2.25. The van der Waals surface area contributed by atoms with Gasteiger partial charge in [-0.2, -0.15) is 4.68 Å². The minimum Gasteiger partial charge on any atom is -0.356 e. The molecule has 0 atom stereocenters.